The summed E-state index contributed by atoms with van der Waals surface area (Å²) in [4.78, 5) is 0. The van der Waals surface area contributed by atoms with Gasteiger partial charge in [0.05, 0.1) is 18.8 Å². The fourth-order valence-corrected chi connectivity index (χ4v) is 1.18. The first-order valence-corrected chi connectivity index (χ1v) is 4.79. The van der Waals surface area contributed by atoms with Crippen LogP contribution in [0.15, 0.2) is 12.4 Å². The molecule has 1 rings (SSSR count). The minimum absolute atomic E-state index is 0.297. The van der Waals surface area contributed by atoms with Crippen LogP contribution in [-0.4, -0.2) is 16.3 Å². The van der Waals surface area contributed by atoms with E-state index in [1.807, 2.05) is 24.7 Å². The molecule has 1 aromatic heterocycles. The lowest BCUT2D eigenvalue weighted by molar-refractivity contribution is 0.531. The second kappa shape index (κ2) is 5.19. The number of aromatic nitrogens is 2. The molecule has 0 amide bonds. The second-order valence-corrected chi connectivity index (χ2v) is 3.49. The van der Waals surface area contributed by atoms with Crippen molar-refractivity contribution >= 4 is 0 Å². The second-order valence-electron chi connectivity index (χ2n) is 3.49. The standard InChI is InChI=1S/C11H14N4/c1-4-5-13-11(6-12)10-7-14-15(8-10)9(2)3/h1,7-9,11,13H,5H2,2-3H3. The highest BCUT2D eigenvalue weighted by atomic mass is 15.3. The van der Waals surface area contributed by atoms with E-state index >= 15 is 0 Å². The van der Waals surface area contributed by atoms with E-state index in [9.17, 15) is 0 Å². The summed E-state index contributed by atoms with van der Waals surface area (Å²) in [5, 5.41) is 16.0. The van der Waals surface area contributed by atoms with Crippen LogP contribution in [0.4, 0.5) is 0 Å². The first-order valence-electron chi connectivity index (χ1n) is 4.79. The molecule has 0 aliphatic carbocycles. The number of nitrogens with zero attached hydrogens (tertiary/aromatic N) is 3. The van der Waals surface area contributed by atoms with Crippen LogP contribution in [0.2, 0.25) is 0 Å². The van der Waals surface area contributed by atoms with Crippen LogP contribution in [0.25, 0.3) is 0 Å². The minimum atomic E-state index is -0.381. The van der Waals surface area contributed by atoms with Gasteiger partial charge in [-0.3, -0.25) is 10.00 Å². The molecule has 0 spiro atoms. The van der Waals surface area contributed by atoms with Crippen molar-refractivity contribution in [2.45, 2.75) is 25.9 Å². The lowest BCUT2D eigenvalue weighted by Gasteiger charge is -2.06. The lowest BCUT2D eigenvalue weighted by Crippen LogP contribution is -2.19. The maximum absolute atomic E-state index is 8.94. The highest BCUT2D eigenvalue weighted by Gasteiger charge is 2.12. The Hall–Kier alpha value is -1.78. The van der Waals surface area contributed by atoms with Gasteiger partial charge >= 0.3 is 0 Å². The monoisotopic (exact) mass is 202 g/mol. The molecule has 0 saturated carbocycles. The summed E-state index contributed by atoms with van der Waals surface area (Å²) < 4.78 is 1.82. The van der Waals surface area contributed by atoms with Crippen LogP contribution < -0.4 is 5.32 Å². The van der Waals surface area contributed by atoms with Crippen molar-refractivity contribution in [1.29, 1.82) is 5.26 Å². The number of nitriles is 1. The number of rotatable bonds is 4. The Morgan fingerprint density at radius 2 is 2.40 bits per heavy atom. The molecule has 0 radical (unpaired) electrons. The molecule has 4 nitrogen and oxygen atoms in total. The Morgan fingerprint density at radius 3 is 2.87 bits per heavy atom. The molecular formula is C11H14N4. The molecule has 1 unspecified atom stereocenters. The predicted molar refractivity (Wildman–Crippen MR) is 57.8 cm³/mol. The fourth-order valence-electron chi connectivity index (χ4n) is 1.18. The molecule has 0 aliphatic rings. The van der Waals surface area contributed by atoms with Gasteiger partial charge in [0.15, 0.2) is 0 Å². The van der Waals surface area contributed by atoms with Gasteiger partial charge in [0.1, 0.15) is 6.04 Å². The van der Waals surface area contributed by atoms with E-state index in [0.717, 1.165) is 5.56 Å². The summed E-state index contributed by atoms with van der Waals surface area (Å²) in [6.07, 6.45) is 8.68. The van der Waals surface area contributed by atoms with Gasteiger partial charge in [-0.1, -0.05) is 5.92 Å². The van der Waals surface area contributed by atoms with Crippen LogP contribution in [-0.2, 0) is 0 Å². The largest absolute Gasteiger partial charge is 0.287 e. The fraction of sp³-hybridized carbons (Fsp3) is 0.455. The van der Waals surface area contributed by atoms with Crippen molar-refractivity contribution in [3.63, 3.8) is 0 Å². The molecule has 0 fully saturated rings. The molecule has 0 bridgehead atoms. The van der Waals surface area contributed by atoms with E-state index < -0.39 is 0 Å². The Labute approximate surface area is 89.9 Å². The van der Waals surface area contributed by atoms with Crippen LogP contribution in [0.5, 0.6) is 0 Å². The van der Waals surface area contributed by atoms with E-state index in [-0.39, 0.29) is 6.04 Å². The first kappa shape index (κ1) is 11.3. The maximum atomic E-state index is 8.94. The summed E-state index contributed by atoms with van der Waals surface area (Å²) in [6.45, 7) is 4.45. The van der Waals surface area contributed by atoms with Gasteiger partial charge in [-0.15, -0.1) is 6.42 Å². The van der Waals surface area contributed by atoms with Crippen molar-refractivity contribution in [1.82, 2.24) is 15.1 Å². The maximum Gasteiger partial charge on any atom is 0.125 e. The molecule has 1 atom stereocenters. The molecule has 1 N–H and O–H groups in total. The number of terminal acetylenes is 1. The van der Waals surface area contributed by atoms with Crippen molar-refractivity contribution in [2.75, 3.05) is 6.54 Å². The average Bonchev–Trinajstić information content (AvgIpc) is 2.68. The quantitative estimate of drug-likeness (QED) is 0.748. The van der Waals surface area contributed by atoms with Gasteiger partial charge in [-0.2, -0.15) is 10.4 Å². The van der Waals surface area contributed by atoms with Crippen LogP contribution in [0.1, 0.15) is 31.5 Å². The Kier molecular flexibility index (Phi) is 3.91. The minimum Gasteiger partial charge on any atom is -0.287 e. The van der Waals surface area contributed by atoms with Gasteiger partial charge in [0.25, 0.3) is 0 Å². The first-order chi connectivity index (χ1) is 7.19. The van der Waals surface area contributed by atoms with Crippen molar-refractivity contribution in [3.05, 3.63) is 18.0 Å². The molecule has 0 aromatic carbocycles. The van der Waals surface area contributed by atoms with E-state index in [1.54, 1.807) is 6.20 Å². The number of nitrogens with one attached hydrogen (secondary N) is 1. The molecule has 78 valence electrons. The van der Waals surface area contributed by atoms with E-state index in [1.165, 1.54) is 0 Å². The van der Waals surface area contributed by atoms with Crippen LogP contribution in [0.3, 0.4) is 0 Å². The van der Waals surface area contributed by atoms with E-state index in [4.69, 9.17) is 11.7 Å². The summed E-state index contributed by atoms with van der Waals surface area (Å²) in [5.41, 5.74) is 0.849. The topological polar surface area (TPSA) is 53.6 Å². The molecule has 0 aliphatic heterocycles. The molecule has 1 aromatic rings. The van der Waals surface area contributed by atoms with Gasteiger partial charge < -0.3 is 0 Å². The zero-order valence-electron chi connectivity index (χ0n) is 8.94. The van der Waals surface area contributed by atoms with E-state index in [2.05, 4.69) is 22.4 Å². The average molecular weight is 202 g/mol. The molecule has 0 saturated heterocycles. The summed E-state index contributed by atoms with van der Waals surface area (Å²) in [7, 11) is 0. The van der Waals surface area contributed by atoms with Crippen LogP contribution in [0, 0.1) is 23.7 Å². The summed E-state index contributed by atoms with van der Waals surface area (Å²) in [5.74, 6) is 2.44. The van der Waals surface area contributed by atoms with Gasteiger partial charge in [0, 0.05) is 17.8 Å². The van der Waals surface area contributed by atoms with E-state index in [0.29, 0.717) is 12.6 Å². The highest BCUT2D eigenvalue weighted by Crippen LogP contribution is 2.13. The van der Waals surface area contributed by atoms with Crippen molar-refractivity contribution in [2.24, 2.45) is 0 Å². The zero-order chi connectivity index (χ0) is 11.3. The summed E-state index contributed by atoms with van der Waals surface area (Å²) >= 11 is 0. The third-order valence-electron chi connectivity index (χ3n) is 2.02. The molecule has 1 heterocycles. The SMILES string of the molecule is C#CCNC(C#N)c1cnn(C(C)C)c1. The van der Waals surface area contributed by atoms with Gasteiger partial charge in [-0.05, 0) is 13.8 Å². The molecule has 15 heavy (non-hydrogen) atoms. The van der Waals surface area contributed by atoms with Crippen LogP contribution >= 0.6 is 0 Å². The Balaban J connectivity index is 2.76. The lowest BCUT2D eigenvalue weighted by atomic mass is 10.2. The smallest absolute Gasteiger partial charge is 0.125 e. The predicted octanol–water partition coefficient (Wildman–Crippen LogP) is 1.25. The third-order valence-corrected chi connectivity index (χ3v) is 2.02. The highest BCUT2D eigenvalue weighted by molar-refractivity contribution is 5.18. The van der Waals surface area contributed by atoms with Crippen molar-refractivity contribution in [3.8, 4) is 18.4 Å². The summed E-state index contributed by atoms with van der Waals surface area (Å²) in [6, 6.07) is 2.06. The van der Waals surface area contributed by atoms with Gasteiger partial charge in [0.2, 0.25) is 0 Å². The zero-order valence-corrected chi connectivity index (χ0v) is 8.94. The third kappa shape index (κ3) is 2.83. The van der Waals surface area contributed by atoms with Gasteiger partial charge in [-0.25, -0.2) is 0 Å². The number of hydrogen-bond acceptors (Lipinski definition) is 3. The Bertz CT molecular complexity index is 391. The molecule has 4 heteroatoms. The molecular weight excluding hydrogens is 188 g/mol. The number of hydrogen-bond donors (Lipinski definition) is 1. The Morgan fingerprint density at radius 1 is 1.67 bits per heavy atom. The van der Waals surface area contributed by atoms with Crippen molar-refractivity contribution < 1.29 is 0 Å². The normalized spacial score (nSPS) is 12.1.